The van der Waals surface area contributed by atoms with E-state index in [-0.39, 0.29) is 0 Å². The van der Waals surface area contributed by atoms with Gasteiger partial charge in [-0.1, -0.05) is 29.8 Å². The highest BCUT2D eigenvalue weighted by molar-refractivity contribution is 6.39. The number of nitrogens with zero attached hydrogens (tertiary/aromatic N) is 1. The molecule has 0 saturated carbocycles. The van der Waals surface area contributed by atoms with Crippen molar-refractivity contribution in [1.82, 2.24) is 5.32 Å². The largest absolute Gasteiger partial charge is 0.378 e. The molecule has 28 heavy (non-hydrogen) atoms. The van der Waals surface area contributed by atoms with Crippen LogP contribution in [0.2, 0.25) is 0 Å². The molecule has 0 aliphatic carbocycles. The lowest BCUT2D eigenvalue weighted by Crippen LogP contribution is -2.36. The second-order valence-electron chi connectivity index (χ2n) is 6.95. The molecular weight excluding hydrogens is 354 g/mol. The van der Waals surface area contributed by atoms with E-state index in [4.69, 9.17) is 4.74 Å². The molecule has 6 heteroatoms. The van der Waals surface area contributed by atoms with Crippen molar-refractivity contribution < 1.29 is 14.3 Å². The van der Waals surface area contributed by atoms with Crippen molar-refractivity contribution in [3.8, 4) is 0 Å². The summed E-state index contributed by atoms with van der Waals surface area (Å²) in [5.41, 5.74) is 4.15. The summed E-state index contributed by atoms with van der Waals surface area (Å²) in [6.07, 6.45) is 1.63. The minimum Gasteiger partial charge on any atom is -0.378 e. The minimum atomic E-state index is -0.640. The summed E-state index contributed by atoms with van der Waals surface area (Å²) in [5, 5.41) is 5.27. The van der Waals surface area contributed by atoms with Crippen molar-refractivity contribution in [2.75, 3.05) is 43.1 Å². The summed E-state index contributed by atoms with van der Waals surface area (Å²) in [6.45, 7) is 5.84. The van der Waals surface area contributed by atoms with Gasteiger partial charge in [0.1, 0.15) is 0 Å². The Kier molecular flexibility index (Phi) is 7.03. The van der Waals surface area contributed by atoms with E-state index in [1.807, 2.05) is 19.1 Å². The summed E-state index contributed by atoms with van der Waals surface area (Å²) < 4.78 is 5.38. The quantitative estimate of drug-likeness (QED) is 0.596. The van der Waals surface area contributed by atoms with E-state index >= 15 is 0 Å². The SMILES string of the molecule is Cc1ccc(NC(=O)C(=O)NCCCc2ccc(N3CCOCC3)cc2)cc1. The fourth-order valence-corrected chi connectivity index (χ4v) is 3.09. The third-order valence-electron chi connectivity index (χ3n) is 4.76. The van der Waals surface area contributed by atoms with Gasteiger partial charge in [-0.15, -0.1) is 0 Å². The predicted molar refractivity (Wildman–Crippen MR) is 111 cm³/mol. The molecule has 1 fully saturated rings. The van der Waals surface area contributed by atoms with E-state index in [9.17, 15) is 9.59 Å². The molecule has 148 valence electrons. The summed E-state index contributed by atoms with van der Waals surface area (Å²) >= 11 is 0. The van der Waals surface area contributed by atoms with E-state index in [1.165, 1.54) is 11.3 Å². The van der Waals surface area contributed by atoms with Gasteiger partial charge in [-0.25, -0.2) is 0 Å². The molecule has 0 aromatic heterocycles. The molecule has 1 aliphatic heterocycles. The molecule has 1 saturated heterocycles. The lowest BCUT2D eigenvalue weighted by molar-refractivity contribution is -0.136. The van der Waals surface area contributed by atoms with Crippen LogP contribution < -0.4 is 15.5 Å². The van der Waals surface area contributed by atoms with Crippen LogP contribution in [0.15, 0.2) is 48.5 Å². The van der Waals surface area contributed by atoms with Crippen molar-refractivity contribution in [2.24, 2.45) is 0 Å². The van der Waals surface area contributed by atoms with Gasteiger partial charge in [-0.05, 0) is 49.6 Å². The Morgan fingerprint density at radius 1 is 0.964 bits per heavy atom. The first-order valence-corrected chi connectivity index (χ1v) is 9.69. The van der Waals surface area contributed by atoms with Gasteiger partial charge in [0.25, 0.3) is 0 Å². The fourth-order valence-electron chi connectivity index (χ4n) is 3.09. The highest BCUT2D eigenvalue weighted by Gasteiger charge is 2.13. The Balaban J connectivity index is 1.37. The topological polar surface area (TPSA) is 70.7 Å². The first-order valence-electron chi connectivity index (χ1n) is 9.69. The van der Waals surface area contributed by atoms with E-state index in [0.29, 0.717) is 12.2 Å². The first-order chi connectivity index (χ1) is 13.6. The minimum absolute atomic E-state index is 0.464. The molecule has 6 nitrogen and oxygen atoms in total. The van der Waals surface area contributed by atoms with Crippen molar-refractivity contribution in [2.45, 2.75) is 19.8 Å². The third-order valence-corrected chi connectivity index (χ3v) is 4.76. The van der Waals surface area contributed by atoms with Gasteiger partial charge < -0.3 is 20.3 Å². The highest BCUT2D eigenvalue weighted by atomic mass is 16.5. The second-order valence-corrected chi connectivity index (χ2v) is 6.95. The Morgan fingerprint density at radius 2 is 1.64 bits per heavy atom. The molecule has 2 amide bonds. The maximum Gasteiger partial charge on any atom is 0.313 e. The molecular formula is C22H27N3O3. The number of carbonyl (C=O) groups is 2. The Labute approximate surface area is 165 Å². The number of hydrogen-bond acceptors (Lipinski definition) is 4. The fraction of sp³-hybridized carbons (Fsp3) is 0.364. The highest BCUT2D eigenvalue weighted by Crippen LogP contribution is 2.17. The average molecular weight is 381 g/mol. The zero-order valence-electron chi connectivity index (χ0n) is 16.2. The molecule has 3 rings (SSSR count). The first kappa shape index (κ1) is 19.9. The van der Waals surface area contributed by atoms with Gasteiger partial charge in [0.15, 0.2) is 0 Å². The lowest BCUT2D eigenvalue weighted by atomic mass is 10.1. The average Bonchev–Trinajstić information content (AvgIpc) is 2.73. The number of amides is 2. The van der Waals surface area contributed by atoms with Crippen molar-refractivity contribution >= 4 is 23.2 Å². The van der Waals surface area contributed by atoms with Gasteiger partial charge in [-0.2, -0.15) is 0 Å². The lowest BCUT2D eigenvalue weighted by Gasteiger charge is -2.28. The Morgan fingerprint density at radius 3 is 2.32 bits per heavy atom. The zero-order valence-corrected chi connectivity index (χ0v) is 16.2. The van der Waals surface area contributed by atoms with E-state index in [0.717, 1.165) is 44.7 Å². The van der Waals surface area contributed by atoms with Crippen molar-refractivity contribution in [3.63, 3.8) is 0 Å². The maximum absolute atomic E-state index is 11.9. The van der Waals surface area contributed by atoms with Crippen molar-refractivity contribution in [3.05, 3.63) is 59.7 Å². The third kappa shape index (κ3) is 5.82. The van der Waals surface area contributed by atoms with Crippen LogP contribution in [0.4, 0.5) is 11.4 Å². The van der Waals surface area contributed by atoms with Crippen LogP contribution in [0.5, 0.6) is 0 Å². The number of ether oxygens (including phenoxy) is 1. The summed E-state index contributed by atoms with van der Waals surface area (Å²) in [7, 11) is 0. The molecule has 2 aromatic carbocycles. The van der Waals surface area contributed by atoms with Gasteiger partial charge in [0.2, 0.25) is 0 Å². The Hall–Kier alpha value is -2.86. The number of morpholine rings is 1. The number of benzene rings is 2. The Bertz CT molecular complexity index is 782. The summed E-state index contributed by atoms with van der Waals surface area (Å²) in [6, 6.07) is 15.8. The number of anilines is 2. The summed E-state index contributed by atoms with van der Waals surface area (Å²) in [4.78, 5) is 26.1. The van der Waals surface area contributed by atoms with Gasteiger partial charge in [-0.3, -0.25) is 9.59 Å². The molecule has 0 unspecified atom stereocenters. The predicted octanol–water partition coefficient (Wildman–Crippen LogP) is 2.52. The summed E-state index contributed by atoms with van der Waals surface area (Å²) in [5.74, 6) is -1.25. The number of rotatable bonds is 6. The smallest absolute Gasteiger partial charge is 0.313 e. The molecule has 2 aromatic rings. The van der Waals surface area contributed by atoms with Crippen LogP contribution in [0.25, 0.3) is 0 Å². The number of aryl methyl sites for hydroxylation is 2. The van der Waals surface area contributed by atoms with Crippen LogP contribution in [-0.4, -0.2) is 44.7 Å². The van der Waals surface area contributed by atoms with Gasteiger partial charge in [0.05, 0.1) is 13.2 Å². The molecule has 2 N–H and O–H groups in total. The van der Waals surface area contributed by atoms with E-state index in [2.05, 4.69) is 39.8 Å². The van der Waals surface area contributed by atoms with Gasteiger partial charge >= 0.3 is 11.8 Å². The molecule has 0 atom stereocenters. The van der Waals surface area contributed by atoms with Crippen molar-refractivity contribution in [1.29, 1.82) is 0 Å². The molecule has 0 spiro atoms. The molecule has 1 aliphatic rings. The molecule has 0 bridgehead atoms. The standard InChI is InChI=1S/C22H27N3O3/c1-17-4-8-19(9-5-17)24-22(27)21(26)23-12-2-3-18-6-10-20(11-7-18)25-13-15-28-16-14-25/h4-11H,2-3,12-16H2,1H3,(H,23,26)(H,24,27). The van der Waals surface area contributed by atoms with Gasteiger partial charge in [0, 0.05) is 31.0 Å². The van der Waals surface area contributed by atoms with E-state index in [1.54, 1.807) is 12.1 Å². The van der Waals surface area contributed by atoms with Crippen LogP contribution >= 0.6 is 0 Å². The number of nitrogens with one attached hydrogen (secondary N) is 2. The van der Waals surface area contributed by atoms with Crippen LogP contribution in [0, 0.1) is 6.92 Å². The normalized spacial score (nSPS) is 13.8. The van der Waals surface area contributed by atoms with Crippen LogP contribution in [0.3, 0.4) is 0 Å². The number of carbonyl (C=O) groups excluding carboxylic acids is 2. The van der Waals surface area contributed by atoms with Crippen LogP contribution in [0.1, 0.15) is 17.5 Å². The number of hydrogen-bond donors (Lipinski definition) is 2. The zero-order chi connectivity index (χ0) is 19.8. The monoisotopic (exact) mass is 381 g/mol. The maximum atomic E-state index is 11.9. The van der Waals surface area contributed by atoms with Crippen LogP contribution in [-0.2, 0) is 20.7 Å². The molecule has 1 heterocycles. The molecule has 0 radical (unpaired) electrons. The second kappa shape index (κ2) is 9.90. The van der Waals surface area contributed by atoms with E-state index < -0.39 is 11.8 Å².